The van der Waals surface area contributed by atoms with Gasteiger partial charge in [-0.2, -0.15) is 0 Å². The molecule has 0 saturated heterocycles. The van der Waals surface area contributed by atoms with Gasteiger partial charge in [0.25, 0.3) is 0 Å². The van der Waals surface area contributed by atoms with Crippen molar-refractivity contribution < 1.29 is 0 Å². The quantitative estimate of drug-likeness (QED) is 0.711. The van der Waals surface area contributed by atoms with Crippen molar-refractivity contribution in [2.45, 2.75) is 20.8 Å². The first-order valence-corrected chi connectivity index (χ1v) is 5.39. The molecule has 0 amide bonds. The Balaban J connectivity index is 2.62. The molecule has 2 aromatic rings. The summed E-state index contributed by atoms with van der Waals surface area (Å²) in [6, 6.07) is 1.90. The molecule has 0 unspecified atom stereocenters. The zero-order valence-corrected chi connectivity index (χ0v) is 10.2. The molecule has 4 heteroatoms. The molecule has 3 nitrogen and oxygen atoms in total. The molecule has 0 aromatic carbocycles. The van der Waals surface area contributed by atoms with Crippen LogP contribution in [0.1, 0.15) is 16.8 Å². The molecule has 16 heavy (non-hydrogen) atoms. The van der Waals surface area contributed by atoms with Gasteiger partial charge in [0.2, 0.25) is 0 Å². The fourth-order valence-corrected chi connectivity index (χ4v) is 1.66. The van der Waals surface area contributed by atoms with E-state index in [-0.39, 0.29) is 0 Å². The fraction of sp³-hybridized carbons (Fsp3) is 0.250. The van der Waals surface area contributed by atoms with Gasteiger partial charge >= 0.3 is 0 Å². The molecule has 0 aliphatic rings. The molecule has 0 bridgehead atoms. The van der Waals surface area contributed by atoms with Crippen molar-refractivity contribution in [1.29, 1.82) is 0 Å². The van der Waals surface area contributed by atoms with Crippen LogP contribution in [0.5, 0.6) is 0 Å². The number of halogens is 1. The SMILES string of the molecule is Cc1cnccc1-c1nc(C)c(C)c(Cl)n1. The molecular formula is C12H12ClN3. The van der Waals surface area contributed by atoms with E-state index in [4.69, 9.17) is 11.6 Å². The summed E-state index contributed by atoms with van der Waals surface area (Å²) >= 11 is 6.05. The number of aromatic nitrogens is 3. The number of hydrogen-bond acceptors (Lipinski definition) is 3. The Morgan fingerprint density at radius 1 is 1.12 bits per heavy atom. The van der Waals surface area contributed by atoms with Gasteiger partial charge < -0.3 is 0 Å². The van der Waals surface area contributed by atoms with Crippen LogP contribution < -0.4 is 0 Å². The second kappa shape index (κ2) is 4.18. The van der Waals surface area contributed by atoms with E-state index in [0.29, 0.717) is 11.0 Å². The predicted octanol–water partition coefficient (Wildman–Crippen LogP) is 3.12. The smallest absolute Gasteiger partial charge is 0.161 e. The number of aryl methyl sites for hydroxylation is 2. The Labute approximate surface area is 99.5 Å². The minimum atomic E-state index is 0.513. The summed E-state index contributed by atoms with van der Waals surface area (Å²) < 4.78 is 0. The highest BCUT2D eigenvalue weighted by atomic mass is 35.5. The maximum Gasteiger partial charge on any atom is 0.161 e. The van der Waals surface area contributed by atoms with Crippen LogP contribution in [0.2, 0.25) is 5.15 Å². The summed E-state index contributed by atoms with van der Waals surface area (Å²) in [7, 11) is 0. The molecular weight excluding hydrogens is 222 g/mol. The average Bonchev–Trinajstić information content (AvgIpc) is 2.26. The standard InChI is InChI=1S/C12H12ClN3/c1-7-6-14-5-4-10(7)12-15-9(3)8(2)11(13)16-12/h4-6H,1-3H3. The van der Waals surface area contributed by atoms with Gasteiger partial charge in [0.05, 0.1) is 0 Å². The van der Waals surface area contributed by atoms with E-state index in [9.17, 15) is 0 Å². The molecule has 0 N–H and O–H groups in total. The van der Waals surface area contributed by atoms with Gasteiger partial charge in [0, 0.05) is 29.2 Å². The Hall–Kier alpha value is -1.48. The topological polar surface area (TPSA) is 38.7 Å². The van der Waals surface area contributed by atoms with Crippen molar-refractivity contribution in [1.82, 2.24) is 15.0 Å². The van der Waals surface area contributed by atoms with E-state index >= 15 is 0 Å². The van der Waals surface area contributed by atoms with Gasteiger partial charge in [0.15, 0.2) is 5.82 Å². The molecule has 2 heterocycles. The lowest BCUT2D eigenvalue weighted by molar-refractivity contribution is 1.06. The van der Waals surface area contributed by atoms with E-state index in [0.717, 1.165) is 22.4 Å². The minimum absolute atomic E-state index is 0.513. The van der Waals surface area contributed by atoms with Gasteiger partial charge in [-0.15, -0.1) is 0 Å². The Morgan fingerprint density at radius 3 is 2.50 bits per heavy atom. The first-order chi connectivity index (χ1) is 7.59. The molecule has 0 spiro atoms. The second-order valence-corrected chi connectivity index (χ2v) is 4.10. The van der Waals surface area contributed by atoms with Crippen LogP contribution in [0, 0.1) is 20.8 Å². The average molecular weight is 234 g/mol. The van der Waals surface area contributed by atoms with Crippen molar-refractivity contribution >= 4 is 11.6 Å². The summed E-state index contributed by atoms with van der Waals surface area (Å²) in [4.78, 5) is 12.8. The number of rotatable bonds is 1. The molecule has 0 aliphatic heterocycles. The molecule has 0 atom stereocenters. The van der Waals surface area contributed by atoms with Crippen LogP contribution in [0.4, 0.5) is 0 Å². The van der Waals surface area contributed by atoms with E-state index in [1.54, 1.807) is 12.4 Å². The summed E-state index contributed by atoms with van der Waals surface area (Å²) in [6.07, 6.45) is 3.52. The summed E-state index contributed by atoms with van der Waals surface area (Å²) in [5.74, 6) is 0.660. The summed E-state index contributed by atoms with van der Waals surface area (Å²) in [5, 5.41) is 0.513. The van der Waals surface area contributed by atoms with Crippen molar-refractivity contribution in [3.8, 4) is 11.4 Å². The molecule has 0 saturated carbocycles. The third kappa shape index (κ3) is 1.91. The molecule has 82 valence electrons. The van der Waals surface area contributed by atoms with Crippen LogP contribution in [0.25, 0.3) is 11.4 Å². The van der Waals surface area contributed by atoms with Crippen LogP contribution in [-0.2, 0) is 0 Å². The van der Waals surface area contributed by atoms with Crippen LogP contribution in [-0.4, -0.2) is 15.0 Å². The second-order valence-electron chi connectivity index (χ2n) is 3.74. The van der Waals surface area contributed by atoms with Crippen LogP contribution >= 0.6 is 11.6 Å². The maximum atomic E-state index is 6.05. The Bertz CT molecular complexity index is 515. The van der Waals surface area contributed by atoms with Crippen LogP contribution in [0.3, 0.4) is 0 Å². The highest BCUT2D eigenvalue weighted by molar-refractivity contribution is 6.30. The molecule has 2 rings (SSSR count). The molecule has 0 fully saturated rings. The van der Waals surface area contributed by atoms with Crippen LogP contribution in [0.15, 0.2) is 18.5 Å². The summed E-state index contributed by atoms with van der Waals surface area (Å²) in [6.45, 7) is 5.83. The van der Waals surface area contributed by atoms with Gasteiger partial charge in [-0.25, -0.2) is 9.97 Å². The normalized spacial score (nSPS) is 10.5. The van der Waals surface area contributed by atoms with E-state index in [1.807, 2.05) is 26.8 Å². The Kier molecular flexibility index (Phi) is 2.88. The third-order valence-electron chi connectivity index (χ3n) is 2.59. The number of pyridine rings is 1. The largest absolute Gasteiger partial charge is 0.264 e. The lowest BCUT2D eigenvalue weighted by atomic mass is 10.1. The van der Waals surface area contributed by atoms with Gasteiger partial charge in [-0.05, 0) is 32.4 Å². The lowest BCUT2D eigenvalue weighted by Crippen LogP contribution is -1.98. The van der Waals surface area contributed by atoms with Gasteiger partial charge in [-0.1, -0.05) is 11.6 Å². The van der Waals surface area contributed by atoms with Crippen molar-refractivity contribution in [3.63, 3.8) is 0 Å². The number of nitrogens with zero attached hydrogens (tertiary/aromatic N) is 3. The Morgan fingerprint density at radius 2 is 1.88 bits per heavy atom. The highest BCUT2D eigenvalue weighted by Crippen LogP contribution is 2.23. The predicted molar refractivity (Wildman–Crippen MR) is 64.5 cm³/mol. The van der Waals surface area contributed by atoms with Gasteiger partial charge in [-0.3, -0.25) is 4.98 Å². The van der Waals surface area contributed by atoms with Crippen molar-refractivity contribution in [3.05, 3.63) is 40.4 Å². The number of hydrogen-bond donors (Lipinski definition) is 0. The van der Waals surface area contributed by atoms with E-state index in [2.05, 4.69) is 15.0 Å². The molecule has 0 radical (unpaired) electrons. The van der Waals surface area contributed by atoms with E-state index in [1.165, 1.54) is 0 Å². The first kappa shape index (κ1) is 11.0. The van der Waals surface area contributed by atoms with E-state index < -0.39 is 0 Å². The maximum absolute atomic E-state index is 6.05. The zero-order valence-electron chi connectivity index (χ0n) is 9.45. The minimum Gasteiger partial charge on any atom is -0.264 e. The fourth-order valence-electron chi connectivity index (χ4n) is 1.44. The third-order valence-corrected chi connectivity index (χ3v) is 2.96. The van der Waals surface area contributed by atoms with Crippen molar-refractivity contribution in [2.24, 2.45) is 0 Å². The first-order valence-electron chi connectivity index (χ1n) is 5.01. The monoisotopic (exact) mass is 233 g/mol. The molecule has 0 aliphatic carbocycles. The summed E-state index contributed by atoms with van der Waals surface area (Å²) in [5.41, 5.74) is 3.85. The molecule has 2 aromatic heterocycles. The highest BCUT2D eigenvalue weighted by Gasteiger charge is 2.09. The lowest BCUT2D eigenvalue weighted by Gasteiger charge is -2.07. The zero-order chi connectivity index (χ0) is 11.7. The van der Waals surface area contributed by atoms with Gasteiger partial charge in [0.1, 0.15) is 5.15 Å². The van der Waals surface area contributed by atoms with Crippen molar-refractivity contribution in [2.75, 3.05) is 0 Å².